The number of hydrogen-bond acceptors (Lipinski definition) is 2. The topological polar surface area (TPSA) is 38.9 Å². The molecule has 2 aromatic carbocycles. The third-order valence-electron chi connectivity index (χ3n) is 2.89. The van der Waals surface area contributed by atoms with Crippen molar-refractivity contribution in [2.24, 2.45) is 0 Å². The number of nitrogen functional groups attached to an aromatic ring is 1. The molecule has 0 radical (unpaired) electrons. The summed E-state index contributed by atoms with van der Waals surface area (Å²) >= 11 is 3.57. The molecule has 0 amide bonds. The molecule has 1 heterocycles. The van der Waals surface area contributed by atoms with Gasteiger partial charge in [0.05, 0.1) is 11.2 Å². The van der Waals surface area contributed by atoms with Crippen molar-refractivity contribution in [1.29, 1.82) is 0 Å². The molecule has 0 fully saturated rings. The summed E-state index contributed by atoms with van der Waals surface area (Å²) in [6.45, 7) is 0. The van der Waals surface area contributed by atoms with Crippen LogP contribution < -0.4 is 5.73 Å². The van der Waals surface area contributed by atoms with E-state index in [9.17, 15) is 0 Å². The van der Waals surface area contributed by atoms with Gasteiger partial charge < -0.3 is 5.73 Å². The second-order valence-corrected chi connectivity index (χ2v) is 4.95. The summed E-state index contributed by atoms with van der Waals surface area (Å²) in [5, 5.41) is 1.11. The number of hydrogen-bond donors (Lipinski definition) is 1. The Morgan fingerprint density at radius 3 is 2.50 bits per heavy atom. The Kier molecular flexibility index (Phi) is 2.76. The maximum absolute atomic E-state index is 6.00. The summed E-state index contributed by atoms with van der Waals surface area (Å²) in [6.07, 6.45) is 0. The molecule has 18 heavy (non-hydrogen) atoms. The lowest BCUT2D eigenvalue weighted by atomic mass is 10.1. The van der Waals surface area contributed by atoms with Crippen LogP contribution in [0.15, 0.2) is 59.1 Å². The minimum absolute atomic E-state index is 0.737. The van der Waals surface area contributed by atoms with Crippen LogP contribution in [0.3, 0.4) is 0 Å². The summed E-state index contributed by atoms with van der Waals surface area (Å²) in [4.78, 5) is 4.68. The van der Waals surface area contributed by atoms with Gasteiger partial charge in [-0.15, -0.1) is 0 Å². The molecule has 0 atom stereocenters. The van der Waals surface area contributed by atoms with E-state index in [2.05, 4.69) is 27.0 Å². The summed E-state index contributed by atoms with van der Waals surface area (Å²) in [6, 6.07) is 17.9. The fourth-order valence-electron chi connectivity index (χ4n) is 1.99. The fraction of sp³-hybridized carbons (Fsp3) is 0. The minimum atomic E-state index is 0.737. The molecule has 3 aromatic rings. The second-order valence-electron chi connectivity index (χ2n) is 4.10. The lowest BCUT2D eigenvalue weighted by molar-refractivity contribution is 1.38. The van der Waals surface area contributed by atoms with Crippen LogP contribution in [-0.2, 0) is 0 Å². The predicted octanol–water partition coefficient (Wildman–Crippen LogP) is 4.25. The zero-order valence-electron chi connectivity index (χ0n) is 9.60. The highest BCUT2D eigenvalue weighted by atomic mass is 79.9. The van der Waals surface area contributed by atoms with E-state index in [1.807, 2.05) is 48.5 Å². The first kappa shape index (κ1) is 11.2. The lowest BCUT2D eigenvalue weighted by Gasteiger charge is -2.08. The van der Waals surface area contributed by atoms with Crippen LogP contribution in [0.4, 0.5) is 5.69 Å². The van der Waals surface area contributed by atoms with Crippen LogP contribution in [0.1, 0.15) is 0 Å². The summed E-state index contributed by atoms with van der Waals surface area (Å²) in [7, 11) is 0. The number of nitrogens with two attached hydrogens (primary N) is 1. The second kappa shape index (κ2) is 4.42. The smallest absolute Gasteiger partial charge is 0.0872 e. The van der Waals surface area contributed by atoms with Crippen LogP contribution in [-0.4, -0.2) is 4.98 Å². The molecule has 3 heteroatoms. The molecule has 0 aliphatic rings. The first-order valence-electron chi connectivity index (χ1n) is 5.66. The molecule has 0 aliphatic heterocycles. The highest BCUT2D eigenvalue weighted by Crippen LogP contribution is 2.32. The quantitative estimate of drug-likeness (QED) is 0.682. The number of anilines is 1. The van der Waals surface area contributed by atoms with Crippen molar-refractivity contribution in [3.63, 3.8) is 0 Å². The minimum Gasteiger partial charge on any atom is -0.398 e. The number of benzene rings is 2. The molecule has 88 valence electrons. The number of fused-ring (bicyclic) bond motifs is 1. The molecular formula is C15H11BrN2. The zero-order valence-corrected chi connectivity index (χ0v) is 11.2. The Morgan fingerprint density at radius 1 is 0.944 bits per heavy atom. The number of rotatable bonds is 1. The van der Waals surface area contributed by atoms with Gasteiger partial charge in [0.25, 0.3) is 0 Å². The van der Waals surface area contributed by atoms with Crippen LogP contribution in [0, 0.1) is 0 Å². The number of halogens is 1. The Labute approximate surface area is 114 Å². The molecule has 0 spiro atoms. The first-order valence-corrected chi connectivity index (χ1v) is 6.45. The SMILES string of the molecule is Nc1ccccc1-c1nc2ccccc2cc1Br. The van der Waals surface area contributed by atoms with Gasteiger partial charge in [0.1, 0.15) is 0 Å². The van der Waals surface area contributed by atoms with Gasteiger partial charge in [0.2, 0.25) is 0 Å². The highest BCUT2D eigenvalue weighted by Gasteiger charge is 2.09. The molecule has 0 saturated carbocycles. The molecule has 0 bridgehead atoms. The van der Waals surface area contributed by atoms with Crippen molar-refractivity contribution >= 4 is 32.5 Å². The third kappa shape index (κ3) is 1.87. The van der Waals surface area contributed by atoms with Gasteiger partial charge >= 0.3 is 0 Å². The average Bonchev–Trinajstić information content (AvgIpc) is 2.39. The zero-order chi connectivity index (χ0) is 12.5. The van der Waals surface area contributed by atoms with Crippen molar-refractivity contribution in [1.82, 2.24) is 4.98 Å². The highest BCUT2D eigenvalue weighted by molar-refractivity contribution is 9.10. The standard InChI is InChI=1S/C15H11BrN2/c16-12-9-10-5-1-4-8-14(10)18-15(12)11-6-2-3-7-13(11)17/h1-9H,17H2. The fourth-order valence-corrected chi connectivity index (χ4v) is 2.54. The van der Waals surface area contributed by atoms with Crippen LogP contribution in [0.5, 0.6) is 0 Å². The Hall–Kier alpha value is -1.87. The van der Waals surface area contributed by atoms with E-state index < -0.39 is 0 Å². The van der Waals surface area contributed by atoms with E-state index in [1.54, 1.807) is 0 Å². The Bertz CT molecular complexity index is 723. The van der Waals surface area contributed by atoms with Crippen molar-refractivity contribution in [2.75, 3.05) is 5.73 Å². The normalized spacial score (nSPS) is 10.7. The molecule has 0 saturated heterocycles. The van der Waals surface area contributed by atoms with Crippen LogP contribution in [0.2, 0.25) is 0 Å². The molecule has 2 nitrogen and oxygen atoms in total. The number of nitrogens with zero attached hydrogens (tertiary/aromatic N) is 1. The van der Waals surface area contributed by atoms with E-state index in [1.165, 1.54) is 0 Å². The number of aromatic nitrogens is 1. The van der Waals surface area contributed by atoms with Crippen molar-refractivity contribution in [2.45, 2.75) is 0 Å². The monoisotopic (exact) mass is 298 g/mol. The number of para-hydroxylation sites is 2. The first-order chi connectivity index (χ1) is 8.75. The van der Waals surface area contributed by atoms with Gasteiger partial charge in [-0.2, -0.15) is 0 Å². The third-order valence-corrected chi connectivity index (χ3v) is 3.50. The van der Waals surface area contributed by atoms with Crippen molar-refractivity contribution in [3.8, 4) is 11.3 Å². The van der Waals surface area contributed by atoms with Crippen molar-refractivity contribution in [3.05, 3.63) is 59.1 Å². The summed E-state index contributed by atoms with van der Waals surface area (Å²) in [5.74, 6) is 0. The number of pyridine rings is 1. The lowest BCUT2D eigenvalue weighted by Crippen LogP contribution is -1.93. The van der Waals surface area contributed by atoms with Gasteiger partial charge in [0.15, 0.2) is 0 Å². The van der Waals surface area contributed by atoms with Gasteiger partial charge in [-0.3, -0.25) is 0 Å². The largest absolute Gasteiger partial charge is 0.398 e. The van der Waals surface area contributed by atoms with Gasteiger partial charge in [-0.05, 0) is 34.1 Å². The molecule has 0 aliphatic carbocycles. The molecular weight excluding hydrogens is 288 g/mol. The van der Waals surface area contributed by atoms with Gasteiger partial charge in [0, 0.05) is 21.1 Å². The molecule has 3 rings (SSSR count). The van der Waals surface area contributed by atoms with E-state index in [0.29, 0.717) is 0 Å². The Morgan fingerprint density at radius 2 is 1.67 bits per heavy atom. The summed E-state index contributed by atoms with van der Waals surface area (Å²) in [5.41, 5.74) is 9.55. The van der Waals surface area contributed by atoms with Crippen LogP contribution in [0.25, 0.3) is 22.2 Å². The predicted molar refractivity (Wildman–Crippen MR) is 79.3 cm³/mol. The Balaban J connectivity index is 2.30. The molecule has 1 aromatic heterocycles. The van der Waals surface area contributed by atoms with E-state index >= 15 is 0 Å². The average molecular weight is 299 g/mol. The van der Waals surface area contributed by atoms with Crippen molar-refractivity contribution < 1.29 is 0 Å². The van der Waals surface area contributed by atoms with E-state index in [-0.39, 0.29) is 0 Å². The maximum atomic E-state index is 6.00. The summed E-state index contributed by atoms with van der Waals surface area (Å²) < 4.78 is 0.958. The molecule has 2 N–H and O–H groups in total. The maximum Gasteiger partial charge on any atom is 0.0872 e. The van der Waals surface area contributed by atoms with Gasteiger partial charge in [-0.1, -0.05) is 36.4 Å². The van der Waals surface area contributed by atoms with E-state index in [4.69, 9.17) is 5.73 Å². The molecule has 0 unspecified atom stereocenters. The van der Waals surface area contributed by atoms with Crippen LogP contribution >= 0.6 is 15.9 Å². The van der Waals surface area contributed by atoms with Gasteiger partial charge in [-0.25, -0.2) is 4.98 Å². The van der Waals surface area contributed by atoms with E-state index in [0.717, 1.165) is 32.3 Å².